The molecule has 0 unspecified atom stereocenters. The van der Waals surface area contributed by atoms with Gasteiger partial charge in [-0.15, -0.1) is 0 Å². The van der Waals surface area contributed by atoms with Gasteiger partial charge in [0, 0.05) is 26.0 Å². The minimum absolute atomic E-state index is 0.387. The van der Waals surface area contributed by atoms with Crippen LogP contribution in [0.1, 0.15) is 11.3 Å². The molecule has 0 amide bonds. The third kappa shape index (κ3) is 2.22. The minimum Gasteiger partial charge on any atom is -0.494 e. The largest absolute Gasteiger partial charge is 0.494 e. The summed E-state index contributed by atoms with van der Waals surface area (Å²) in [7, 11) is 5.59. The van der Waals surface area contributed by atoms with Gasteiger partial charge in [0.25, 0.3) is 0 Å². The van der Waals surface area contributed by atoms with Gasteiger partial charge in [0.05, 0.1) is 23.5 Å². The van der Waals surface area contributed by atoms with E-state index in [-0.39, 0.29) is 0 Å². The summed E-state index contributed by atoms with van der Waals surface area (Å²) in [4.78, 5) is 6.64. The summed E-state index contributed by atoms with van der Waals surface area (Å²) in [5, 5.41) is 1.57. The van der Waals surface area contributed by atoms with Crippen LogP contribution in [0.3, 0.4) is 0 Å². The number of benzene rings is 1. The molecule has 0 radical (unpaired) electrons. The van der Waals surface area contributed by atoms with Crippen molar-refractivity contribution >= 4 is 28.2 Å². The first-order valence-electron chi connectivity index (χ1n) is 6.04. The Morgan fingerprint density at radius 3 is 2.58 bits per heavy atom. The second-order valence-corrected chi connectivity index (χ2v) is 5.01. The van der Waals surface area contributed by atoms with Crippen LogP contribution in [0.25, 0.3) is 10.9 Å². The number of ether oxygens (including phenoxy) is 1. The van der Waals surface area contributed by atoms with E-state index in [1.165, 1.54) is 0 Å². The van der Waals surface area contributed by atoms with Gasteiger partial charge in [-0.25, -0.2) is 4.98 Å². The zero-order chi connectivity index (χ0) is 14.2. The average Bonchev–Trinajstić information content (AvgIpc) is 2.38. The van der Waals surface area contributed by atoms with E-state index in [1.54, 1.807) is 7.11 Å². The van der Waals surface area contributed by atoms with E-state index in [0.29, 0.717) is 17.3 Å². The minimum atomic E-state index is 0.387. The molecule has 0 aliphatic rings. The lowest BCUT2D eigenvalue weighted by Gasteiger charge is -2.21. The molecule has 0 saturated heterocycles. The Morgan fingerprint density at radius 1 is 1.37 bits per heavy atom. The molecule has 5 heteroatoms. The zero-order valence-electron chi connectivity index (χ0n) is 11.6. The molecule has 1 aromatic heterocycles. The summed E-state index contributed by atoms with van der Waals surface area (Å²) in [5.74, 6) is 0.706. The second kappa shape index (κ2) is 5.23. The second-order valence-electron chi connectivity index (χ2n) is 4.60. The summed E-state index contributed by atoms with van der Waals surface area (Å²) in [6, 6.07) is 3.66. The highest BCUT2D eigenvalue weighted by atomic mass is 35.5. The standard InChI is InChI=1S/C14H18ClN3O/c1-8-10(7-16)17-13-11(19-4)6-5-9(15)12(13)14(8)18(2)3/h5-6H,7,16H2,1-4H3. The molecular formula is C14H18ClN3O. The topological polar surface area (TPSA) is 51.4 Å². The average molecular weight is 280 g/mol. The molecule has 0 spiro atoms. The highest BCUT2D eigenvalue weighted by molar-refractivity contribution is 6.36. The predicted molar refractivity (Wildman–Crippen MR) is 80.3 cm³/mol. The van der Waals surface area contributed by atoms with Crippen LogP contribution < -0.4 is 15.4 Å². The van der Waals surface area contributed by atoms with Gasteiger partial charge in [-0.1, -0.05) is 11.6 Å². The third-order valence-corrected chi connectivity index (χ3v) is 3.54. The monoisotopic (exact) mass is 279 g/mol. The van der Waals surface area contributed by atoms with Crippen LogP contribution in [0.15, 0.2) is 12.1 Å². The fourth-order valence-electron chi connectivity index (χ4n) is 2.35. The predicted octanol–water partition coefficient (Wildman–Crippen LogP) is 2.73. The molecule has 2 rings (SSSR count). The maximum absolute atomic E-state index is 6.35. The maximum Gasteiger partial charge on any atom is 0.145 e. The third-order valence-electron chi connectivity index (χ3n) is 3.22. The van der Waals surface area contributed by atoms with Crippen LogP contribution in [0.5, 0.6) is 5.75 Å². The van der Waals surface area contributed by atoms with Crippen molar-refractivity contribution in [2.45, 2.75) is 13.5 Å². The Balaban J connectivity index is 2.99. The Bertz CT molecular complexity index is 626. The Morgan fingerprint density at radius 2 is 2.05 bits per heavy atom. The SMILES string of the molecule is COc1ccc(Cl)c2c(N(C)C)c(C)c(CN)nc12. The van der Waals surface area contributed by atoms with E-state index < -0.39 is 0 Å². The van der Waals surface area contributed by atoms with Gasteiger partial charge in [0.1, 0.15) is 11.3 Å². The summed E-state index contributed by atoms with van der Waals surface area (Å²) in [6.45, 7) is 2.40. The summed E-state index contributed by atoms with van der Waals surface area (Å²) >= 11 is 6.35. The molecule has 1 heterocycles. The van der Waals surface area contributed by atoms with Crippen LogP contribution in [-0.4, -0.2) is 26.2 Å². The summed E-state index contributed by atoms with van der Waals surface area (Å²) < 4.78 is 5.38. The van der Waals surface area contributed by atoms with E-state index in [0.717, 1.165) is 27.8 Å². The number of anilines is 1. The van der Waals surface area contributed by atoms with Crippen molar-refractivity contribution in [3.8, 4) is 5.75 Å². The summed E-state index contributed by atoms with van der Waals surface area (Å²) in [5.41, 5.74) is 9.49. The van der Waals surface area contributed by atoms with E-state index in [4.69, 9.17) is 22.1 Å². The highest BCUT2D eigenvalue weighted by Gasteiger charge is 2.17. The van der Waals surface area contributed by atoms with Crippen LogP contribution in [0.2, 0.25) is 5.02 Å². The van der Waals surface area contributed by atoms with Crippen LogP contribution >= 0.6 is 11.6 Å². The Hall–Kier alpha value is -1.52. The zero-order valence-corrected chi connectivity index (χ0v) is 12.4. The van der Waals surface area contributed by atoms with Crippen LogP contribution in [0.4, 0.5) is 5.69 Å². The molecule has 0 aliphatic heterocycles. The van der Waals surface area contributed by atoms with Crippen molar-refractivity contribution in [1.29, 1.82) is 0 Å². The molecule has 0 atom stereocenters. The van der Waals surface area contributed by atoms with Gasteiger partial charge < -0.3 is 15.4 Å². The van der Waals surface area contributed by atoms with E-state index in [2.05, 4.69) is 4.98 Å². The number of fused-ring (bicyclic) bond motifs is 1. The lowest BCUT2D eigenvalue weighted by Crippen LogP contribution is -2.14. The van der Waals surface area contributed by atoms with Crippen molar-refractivity contribution in [3.05, 3.63) is 28.4 Å². The van der Waals surface area contributed by atoms with Gasteiger partial charge in [0.2, 0.25) is 0 Å². The van der Waals surface area contributed by atoms with Crippen LogP contribution in [0, 0.1) is 6.92 Å². The molecule has 0 fully saturated rings. The molecule has 102 valence electrons. The number of rotatable bonds is 3. The fourth-order valence-corrected chi connectivity index (χ4v) is 2.59. The lowest BCUT2D eigenvalue weighted by atomic mass is 10.1. The van der Waals surface area contributed by atoms with Crippen molar-refractivity contribution in [1.82, 2.24) is 4.98 Å². The molecule has 0 saturated carbocycles. The number of halogens is 1. The Labute approximate surface area is 118 Å². The van der Waals surface area contributed by atoms with Gasteiger partial charge in [-0.05, 0) is 24.6 Å². The highest BCUT2D eigenvalue weighted by Crippen LogP contribution is 2.39. The number of methoxy groups -OCH3 is 1. The van der Waals surface area contributed by atoms with Gasteiger partial charge in [0.15, 0.2) is 0 Å². The molecule has 4 nitrogen and oxygen atoms in total. The number of nitrogens with two attached hydrogens (primary N) is 1. The van der Waals surface area contributed by atoms with Crippen molar-refractivity contribution in [2.75, 3.05) is 26.1 Å². The van der Waals surface area contributed by atoms with E-state index in [1.807, 2.05) is 38.1 Å². The number of nitrogens with zero attached hydrogens (tertiary/aromatic N) is 2. The van der Waals surface area contributed by atoms with Crippen LogP contribution in [-0.2, 0) is 6.54 Å². The molecule has 2 N–H and O–H groups in total. The molecule has 19 heavy (non-hydrogen) atoms. The molecule has 1 aromatic carbocycles. The first-order valence-corrected chi connectivity index (χ1v) is 6.42. The quantitative estimate of drug-likeness (QED) is 0.939. The smallest absolute Gasteiger partial charge is 0.145 e. The number of pyridine rings is 1. The van der Waals surface area contributed by atoms with Crippen molar-refractivity contribution in [3.63, 3.8) is 0 Å². The van der Waals surface area contributed by atoms with E-state index in [9.17, 15) is 0 Å². The molecular weight excluding hydrogens is 262 g/mol. The van der Waals surface area contributed by atoms with Gasteiger partial charge >= 0.3 is 0 Å². The fraction of sp³-hybridized carbons (Fsp3) is 0.357. The summed E-state index contributed by atoms with van der Waals surface area (Å²) in [6.07, 6.45) is 0. The maximum atomic E-state index is 6.35. The first-order chi connectivity index (χ1) is 9.01. The molecule has 0 aliphatic carbocycles. The van der Waals surface area contributed by atoms with Crippen molar-refractivity contribution in [2.24, 2.45) is 5.73 Å². The number of hydrogen-bond acceptors (Lipinski definition) is 4. The van der Waals surface area contributed by atoms with Gasteiger partial charge in [-0.3, -0.25) is 0 Å². The first kappa shape index (κ1) is 13.9. The number of hydrogen-bond donors (Lipinski definition) is 1. The normalized spacial score (nSPS) is 10.8. The van der Waals surface area contributed by atoms with Crippen molar-refractivity contribution < 1.29 is 4.74 Å². The van der Waals surface area contributed by atoms with Gasteiger partial charge in [-0.2, -0.15) is 0 Å². The van der Waals surface area contributed by atoms with E-state index >= 15 is 0 Å². The number of aromatic nitrogens is 1. The molecule has 2 aromatic rings. The Kier molecular flexibility index (Phi) is 3.83. The molecule has 0 bridgehead atoms. The lowest BCUT2D eigenvalue weighted by molar-refractivity contribution is 0.419.